The van der Waals surface area contributed by atoms with Crippen molar-refractivity contribution in [3.63, 3.8) is 0 Å². The summed E-state index contributed by atoms with van der Waals surface area (Å²) in [6, 6.07) is 4.29. The summed E-state index contributed by atoms with van der Waals surface area (Å²) in [5, 5.41) is 4.29. The lowest BCUT2D eigenvalue weighted by atomic mass is 10.1. The lowest BCUT2D eigenvalue weighted by Crippen LogP contribution is -2.17. The number of hydrogen-bond donors (Lipinski definition) is 1. The Bertz CT molecular complexity index is 443. The summed E-state index contributed by atoms with van der Waals surface area (Å²) in [5.41, 5.74) is 9.47. The van der Waals surface area contributed by atoms with E-state index in [0.29, 0.717) is 0 Å². The van der Waals surface area contributed by atoms with Gasteiger partial charge in [-0.15, -0.1) is 0 Å². The molecule has 0 saturated carbocycles. The highest BCUT2D eigenvalue weighted by Crippen LogP contribution is 2.16. The van der Waals surface area contributed by atoms with Gasteiger partial charge in [0.2, 0.25) is 0 Å². The van der Waals surface area contributed by atoms with Crippen LogP contribution in [0.15, 0.2) is 24.5 Å². The Morgan fingerprint density at radius 1 is 1.57 bits per heavy atom. The van der Waals surface area contributed by atoms with E-state index >= 15 is 0 Å². The zero-order chi connectivity index (χ0) is 10.1. The third-order valence-corrected chi connectivity index (χ3v) is 2.36. The summed E-state index contributed by atoms with van der Waals surface area (Å²) >= 11 is 0. The fourth-order valence-corrected chi connectivity index (χ4v) is 1.79. The lowest BCUT2D eigenvalue weighted by molar-refractivity contribution is 0.741. The normalized spacial score (nSPS) is 13.4. The van der Waals surface area contributed by atoms with Gasteiger partial charge in [-0.25, -0.2) is 4.52 Å². The van der Waals surface area contributed by atoms with E-state index in [1.54, 1.807) is 0 Å². The van der Waals surface area contributed by atoms with E-state index in [0.717, 1.165) is 6.42 Å². The van der Waals surface area contributed by atoms with Gasteiger partial charge in [-0.2, -0.15) is 5.10 Å². The van der Waals surface area contributed by atoms with Crippen LogP contribution in [-0.2, 0) is 6.42 Å². The van der Waals surface area contributed by atoms with Gasteiger partial charge >= 0.3 is 0 Å². The number of nitrogens with two attached hydrogens (primary N) is 1. The predicted molar refractivity (Wildman–Crippen MR) is 57.3 cm³/mol. The van der Waals surface area contributed by atoms with Crippen LogP contribution in [0.25, 0.3) is 5.52 Å². The smallest absolute Gasteiger partial charge is 0.0723 e. The molecule has 2 aromatic heterocycles. The van der Waals surface area contributed by atoms with Crippen LogP contribution in [0.2, 0.25) is 0 Å². The van der Waals surface area contributed by atoms with Gasteiger partial charge in [0.05, 0.1) is 11.7 Å². The van der Waals surface area contributed by atoms with Gasteiger partial charge in [-0.3, -0.25) is 0 Å². The topological polar surface area (TPSA) is 43.3 Å². The molecule has 1 unspecified atom stereocenters. The number of aryl methyl sites for hydroxylation is 1. The van der Waals surface area contributed by atoms with Crippen LogP contribution in [0.3, 0.4) is 0 Å². The van der Waals surface area contributed by atoms with Gasteiger partial charge in [-0.1, -0.05) is 6.07 Å². The van der Waals surface area contributed by atoms with Gasteiger partial charge in [0.1, 0.15) is 0 Å². The number of hydrogen-bond acceptors (Lipinski definition) is 2. The largest absolute Gasteiger partial charge is 0.328 e. The van der Waals surface area contributed by atoms with Gasteiger partial charge in [0.15, 0.2) is 0 Å². The van der Waals surface area contributed by atoms with E-state index in [1.807, 2.05) is 29.9 Å². The van der Waals surface area contributed by atoms with Crippen LogP contribution in [0, 0.1) is 6.92 Å². The van der Waals surface area contributed by atoms with Crippen molar-refractivity contribution in [3.05, 3.63) is 35.7 Å². The SMILES string of the molecule is Cc1cccn2ncc(CC(C)N)c12. The van der Waals surface area contributed by atoms with Crippen molar-refractivity contribution < 1.29 is 0 Å². The van der Waals surface area contributed by atoms with Crippen LogP contribution < -0.4 is 5.73 Å². The Balaban J connectivity index is 2.55. The van der Waals surface area contributed by atoms with Gasteiger partial charge in [0, 0.05) is 12.2 Å². The maximum Gasteiger partial charge on any atom is 0.0723 e. The van der Waals surface area contributed by atoms with E-state index < -0.39 is 0 Å². The van der Waals surface area contributed by atoms with Crippen LogP contribution in [0.4, 0.5) is 0 Å². The zero-order valence-electron chi connectivity index (χ0n) is 8.57. The van der Waals surface area contributed by atoms with Crippen molar-refractivity contribution in [2.75, 3.05) is 0 Å². The van der Waals surface area contributed by atoms with Gasteiger partial charge in [0.25, 0.3) is 0 Å². The minimum absolute atomic E-state index is 0.183. The molecule has 3 nitrogen and oxygen atoms in total. The van der Waals surface area contributed by atoms with Gasteiger partial charge < -0.3 is 5.73 Å². The van der Waals surface area contributed by atoms with Crippen LogP contribution >= 0.6 is 0 Å². The quantitative estimate of drug-likeness (QED) is 0.778. The van der Waals surface area contributed by atoms with E-state index in [-0.39, 0.29) is 6.04 Å². The molecule has 0 spiro atoms. The highest BCUT2D eigenvalue weighted by atomic mass is 15.2. The molecule has 0 fully saturated rings. The molecule has 0 bridgehead atoms. The summed E-state index contributed by atoms with van der Waals surface area (Å²) in [7, 11) is 0. The van der Waals surface area contributed by atoms with Crippen molar-refractivity contribution >= 4 is 5.52 Å². The Labute approximate surface area is 83.5 Å². The first-order valence-electron chi connectivity index (χ1n) is 4.86. The molecular weight excluding hydrogens is 174 g/mol. The van der Waals surface area contributed by atoms with E-state index in [9.17, 15) is 0 Å². The third kappa shape index (κ3) is 1.51. The molecule has 1 atom stereocenters. The number of nitrogens with zero attached hydrogens (tertiary/aromatic N) is 2. The van der Waals surface area contributed by atoms with E-state index in [4.69, 9.17) is 5.73 Å². The molecule has 0 radical (unpaired) electrons. The number of fused-ring (bicyclic) bond motifs is 1. The Hall–Kier alpha value is -1.35. The molecule has 0 aliphatic heterocycles. The van der Waals surface area contributed by atoms with Crippen LogP contribution in [0.5, 0.6) is 0 Å². The molecule has 14 heavy (non-hydrogen) atoms. The second kappa shape index (κ2) is 3.42. The first-order chi connectivity index (χ1) is 6.68. The minimum atomic E-state index is 0.183. The highest BCUT2D eigenvalue weighted by Gasteiger charge is 2.07. The molecule has 0 saturated heterocycles. The summed E-state index contributed by atoms with van der Waals surface area (Å²) < 4.78 is 1.91. The summed E-state index contributed by atoms with van der Waals surface area (Å²) in [5.74, 6) is 0. The van der Waals surface area contributed by atoms with E-state index in [2.05, 4.69) is 18.1 Å². The first kappa shape index (κ1) is 9.21. The maximum atomic E-state index is 5.79. The zero-order valence-corrected chi connectivity index (χ0v) is 8.57. The molecule has 0 amide bonds. The lowest BCUT2D eigenvalue weighted by Gasteiger charge is -2.04. The average Bonchev–Trinajstić information content (AvgIpc) is 2.49. The fourth-order valence-electron chi connectivity index (χ4n) is 1.79. The molecule has 0 aliphatic rings. The maximum absolute atomic E-state index is 5.79. The number of rotatable bonds is 2. The molecule has 0 aliphatic carbocycles. The molecule has 74 valence electrons. The summed E-state index contributed by atoms with van der Waals surface area (Å²) in [4.78, 5) is 0. The molecule has 2 rings (SSSR count). The van der Waals surface area contributed by atoms with Gasteiger partial charge in [-0.05, 0) is 37.5 Å². The predicted octanol–water partition coefficient (Wildman–Crippen LogP) is 1.53. The van der Waals surface area contributed by atoms with Crippen molar-refractivity contribution in [2.24, 2.45) is 5.73 Å². The van der Waals surface area contributed by atoms with Crippen molar-refractivity contribution in [1.82, 2.24) is 9.61 Å². The Kier molecular flexibility index (Phi) is 2.25. The molecule has 0 aromatic carbocycles. The number of aromatic nitrogens is 2. The second-order valence-corrected chi connectivity index (χ2v) is 3.84. The third-order valence-electron chi connectivity index (χ3n) is 2.36. The minimum Gasteiger partial charge on any atom is -0.328 e. The highest BCUT2D eigenvalue weighted by molar-refractivity contribution is 5.59. The summed E-state index contributed by atoms with van der Waals surface area (Å²) in [6.45, 7) is 4.11. The molecular formula is C11H15N3. The Morgan fingerprint density at radius 3 is 3.07 bits per heavy atom. The molecule has 2 heterocycles. The van der Waals surface area contributed by atoms with Crippen LogP contribution in [-0.4, -0.2) is 15.7 Å². The fraction of sp³-hybridized carbons (Fsp3) is 0.364. The second-order valence-electron chi connectivity index (χ2n) is 3.84. The van der Waals surface area contributed by atoms with Crippen molar-refractivity contribution in [2.45, 2.75) is 26.3 Å². The van der Waals surface area contributed by atoms with Crippen LogP contribution in [0.1, 0.15) is 18.1 Å². The average molecular weight is 189 g/mol. The molecule has 2 aromatic rings. The van der Waals surface area contributed by atoms with Crippen molar-refractivity contribution in [1.29, 1.82) is 0 Å². The number of pyridine rings is 1. The first-order valence-corrected chi connectivity index (χ1v) is 4.86. The molecule has 2 N–H and O–H groups in total. The summed E-state index contributed by atoms with van der Waals surface area (Å²) in [6.07, 6.45) is 4.76. The Morgan fingerprint density at radius 2 is 2.36 bits per heavy atom. The molecule has 3 heteroatoms. The monoisotopic (exact) mass is 189 g/mol. The van der Waals surface area contributed by atoms with Crippen molar-refractivity contribution in [3.8, 4) is 0 Å². The van der Waals surface area contributed by atoms with E-state index in [1.165, 1.54) is 16.6 Å². The standard InChI is InChI=1S/C11H15N3/c1-8-4-3-5-14-11(8)10(7-13-14)6-9(2)12/h3-5,7,9H,6,12H2,1-2H3.